The van der Waals surface area contributed by atoms with Crippen LogP contribution in [0.2, 0.25) is 0 Å². The average Bonchev–Trinajstić information content (AvgIpc) is 3.05. The van der Waals surface area contributed by atoms with Gasteiger partial charge in [-0.05, 0) is 28.5 Å². The van der Waals surface area contributed by atoms with Gasteiger partial charge in [0.1, 0.15) is 0 Å². The van der Waals surface area contributed by atoms with Crippen LogP contribution in [0.15, 0.2) is 90.4 Å². The predicted octanol–water partition coefficient (Wildman–Crippen LogP) is 4.48. The van der Waals surface area contributed by atoms with Crippen molar-refractivity contribution in [2.24, 2.45) is 4.99 Å². The number of esters is 1. The zero-order valence-electron chi connectivity index (χ0n) is 13.6. The highest BCUT2D eigenvalue weighted by Gasteiger charge is 2.36. The molecule has 0 saturated carbocycles. The lowest BCUT2D eigenvalue weighted by molar-refractivity contribution is -0.135. The van der Waals surface area contributed by atoms with Crippen LogP contribution in [0.4, 0.5) is 0 Å². The number of nitrogens with zero attached hydrogens (tertiary/aromatic N) is 1. The van der Waals surface area contributed by atoms with Gasteiger partial charge in [-0.1, -0.05) is 66.7 Å². The van der Waals surface area contributed by atoms with E-state index >= 15 is 0 Å². The summed E-state index contributed by atoms with van der Waals surface area (Å²) in [5, 5.41) is 2.23. The summed E-state index contributed by atoms with van der Waals surface area (Å²) in [6.07, 6.45) is 1.78. The van der Waals surface area contributed by atoms with Crippen LogP contribution in [0, 0.1) is 0 Å². The van der Waals surface area contributed by atoms with E-state index < -0.39 is 6.04 Å². The van der Waals surface area contributed by atoms with E-state index in [-0.39, 0.29) is 11.9 Å². The maximum Gasteiger partial charge on any atom is 0.338 e. The fourth-order valence-electron chi connectivity index (χ4n) is 3.27. The molecule has 0 aromatic heterocycles. The number of benzene rings is 3. The molecule has 0 saturated heterocycles. The number of hydrogen-bond acceptors (Lipinski definition) is 3. The molecule has 122 valence electrons. The van der Waals surface area contributed by atoms with Crippen molar-refractivity contribution in [2.75, 3.05) is 0 Å². The number of fused-ring (bicyclic) bond motifs is 1. The number of carbonyl (C=O) groups excluding carboxylic acids is 1. The molecule has 0 spiro atoms. The van der Waals surface area contributed by atoms with Gasteiger partial charge in [-0.2, -0.15) is 0 Å². The van der Waals surface area contributed by atoms with Crippen molar-refractivity contribution in [2.45, 2.75) is 12.0 Å². The van der Waals surface area contributed by atoms with E-state index in [2.05, 4.69) is 29.8 Å². The summed E-state index contributed by atoms with van der Waals surface area (Å²) in [4.78, 5) is 17.1. The lowest BCUT2D eigenvalue weighted by atomic mass is 9.88. The van der Waals surface area contributed by atoms with Gasteiger partial charge in [0, 0.05) is 11.5 Å². The predicted molar refractivity (Wildman–Crippen MR) is 99.7 cm³/mol. The Hall–Kier alpha value is -3.20. The molecule has 3 heteroatoms. The number of aliphatic imine (C=N–C) groups is 1. The van der Waals surface area contributed by atoms with E-state index in [9.17, 15) is 4.79 Å². The lowest BCUT2D eigenvalue weighted by Gasteiger charge is -2.17. The van der Waals surface area contributed by atoms with Crippen LogP contribution in [-0.4, -0.2) is 17.9 Å². The largest absolute Gasteiger partial charge is 0.406 e. The Morgan fingerprint density at radius 2 is 1.68 bits per heavy atom. The Morgan fingerprint density at radius 1 is 0.960 bits per heavy atom. The van der Waals surface area contributed by atoms with E-state index in [1.54, 1.807) is 6.08 Å². The van der Waals surface area contributed by atoms with E-state index in [0.29, 0.717) is 5.90 Å². The molecular weight excluding hydrogens is 310 g/mol. The van der Waals surface area contributed by atoms with E-state index in [1.165, 1.54) is 0 Å². The van der Waals surface area contributed by atoms with Gasteiger partial charge in [-0.25, -0.2) is 9.79 Å². The molecule has 0 aliphatic carbocycles. The van der Waals surface area contributed by atoms with Crippen LogP contribution in [-0.2, 0) is 9.53 Å². The standard InChI is InChI=1S/C22H17NO2/c1-2-17(19-14-8-12-15-9-6-7-13-18(15)19)20-22(24)25-21(23-20)16-10-4-3-5-11-16/h2-14,17,20H,1H2. The molecule has 0 bridgehead atoms. The third-order valence-electron chi connectivity index (χ3n) is 4.49. The first-order valence-corrected chi connectivity index (χ1v) is 8.23. The smallest absolute Gasteiger partial charge is 0.338 e. The van der Waals surface area contributed by atoms with Crippen molar-refractivity contribution in [3.63, 3.8) is 0 Å². The van der Waals surface area contributed by atoms with Crippen molar-refractivity contribution in [1.82, 2.24) is 0 Å². The normalized spacial score (nSPS) is 17.8. The quantitative estimate of drug-likeness (QED) is 0.523. The Labute approximate surface area is 146 Å². The highest BCUT2D eigenvalue weighted by atomic mass is 16.6. The second kappa shape index (κ2) is 6.36. The van der Waals surface area contributed by atoms with Crippen LogP contribution in [0.1, 0.15) is 17.0 Å². The van der Waals surface area contributed by atoms with Crippen molar-refractivity contribution in [3.8, 4) is 0 Å². The molecular formula is C22H17NO2. The number of rotatable bonds is 4. The van der Waals surface area contributed by atoms with Gasteiger partial charge in [0.25, 0.3) is 0 Å². The minimum Gasteiger partial charge on any atom is -0.406 e. The second-order valence-corrected chi connectivity index (χ2v) is 6.00. The second-order valence-electron chi connectivity index (χ2n) is 6.00. The SMILES string of the molecule is C=CC(c1cccc2ccccc12)C1N=C(c2ccccc2)OC1=O. The molecule has 4 rings (SSSR count). The minimum atomic E-state index is -0.612. The van der Waals surface area contributed by atoms with Crippen molar-refractivity contribution >= 4 is 22.6 Å². The fourth-order valence-corrected chi connectivity index (χ4v) is 3.27. The number of ether oxygens (including phenoxy) is 1. The van der Waals surface area contributed by atoms with E-state index in [0.717, 1.165) is 21.9 Å². The molecule has 25 heavy (non-hydrogen) atoms. The fraction of sp³-hybridized carbons (Fsp3) is 0.0909. The number of carbonyl (C=O) groups is 1. The highest BCUT2D eigenvalue weighted by molar-refractivity contribution is 6.06. The Bertz CT molecular complexity index is 970. The first-order valence-electron chi connectivity index (χ1n) is 8.23. The molecule has 2 atom stereocenters. The summed E-state index contributed by atoms with van der Waals surface area (Å²) in [7, 11) is 0. The van der Waals surface area contributed by atoms with Crippen LogP contribution in [0.3, 0.4) is 0 Å². The third-order valence-corrected chi connectivity index (χ3v) is 4.49. The molecule has 1 heterocycles. The Balaban J connectivity index is 1.77. The zero-order valence-corrected chi connectivity index (χ0v) is 13.6. The summed E-state index contributed by atoms with van der Waals surface area (Å²) in [5.74, 6) is -0.195. The lowest BCUT2D eigenvalue weighted by Crippen LogP contribution is -2.22. The topological polar surface area (TPSA) is 38.7 Å². The molecule has 1 aliphatic rings. The maximum absolute atomic E-state index is 12.5. The molecule has 0 N–H and O–H groups in total. The molecule has 2 unspecified atom stereocenters. The van der Waals surface area contributed by atoms with Gasteiger partial charge in [0.15, 0.2) is 6.04 Å². The van der Waals surface area contributed by atoms with Crippen LogP contribution in [0.25, 0.3) is 10.8 Å². The minimum absolute atomic E-state index is 0.236. The Kier molecular flexibility index (Phi) is 3.90. The number of cyclic esters (lactones) is 1. The Morgan fingerprint density at radius 3 is 2.48 bits per heavy atom. The summed E-state index contributed by atoms with van der Waals surface area (Å²) >= 11 is 0. The first-order chi connectivity index (χ1) is 12.3. The summed E-state index contributed by atoms with van der Waals surface area (Å²) in [5.41, 5.74) is 1.84. The van der Waals surface area contributed by atoms with Gasteiger partial charge in [0.2, 0.25) is 5.90 Å². The van der Waals surface area contributed by atoms with Gasteiger partial charge in [-0.3, -0.25) is 0 Å². The summed E-state index contributed by atoms with van der Waals surface area (Å²) in [6, 6.07) is 23.1. The monoisotopic (exact) mass is 327 g/mol. The summed E-state index contributed by atoms with van der Waals surface area (Å²) in [6.45, 7) is 3.94. The molecule has 3 nitrogen and oxygen atoms in total. The third kappa shape index (κ3) is 2.74. The van der Waals surface area contributed by atoms with Crippen LogP contribution < -0.4 is 0 Å². The average molecular weight is 327 g/mol. The molecule has 0 fully saturated rings. The van der Waals surface area contributed by atoms with Gasteiger partial charge in [-0.15, -0.1) is 6.58 Å². The van der Waals surface area contributed by atoms with E-state index in [1.807, 2.05) is 54.6 Å². The van der Waals surface area contributed by atoms with Gasteiger partial charge in [0.05, 0.1) is 0 Å². The van der Waals surface area contributed by atoms with Gasteiger partial charge < -0.3 is 4.74 Å². The molecule has 3 aromatic carbocycles. The van der Waals surface area contributed by atoms with Crippen LogP contribution >= 0.6 is 0 Å². The van der Waals surface area contributed by atoms with Crippen molar-refractivity contribution in [1.29, 1.82) is 0 Å². The first kappa shape index (κ1) is 15.3. The zero-order chi connectivity index (χ0) is 17.2. The molecule has 1 aliphatic heterocycles. The maximum atomic E-state index is 12.5. The summed E-state index contributed by atoms with van der Waals surface area (Å²) < 4.78 is 5.44. The van der Waals surface area contributed by atoms with Gasteiger partial charge >= 0.3 is 5.97 Å². The van der Waals surface area contributed by atoms with Crippen molar-refractivity contribution in [3.05, 3.63) is 96.6 Å². The molecule has 3 aromatic rings. The molecule has 0 radical (unpaired) electrons. The van der Waals surface area contributed by atoms with Crippen LogP contribution in [0.5, 0.6) is 0 Å². The van der Waals surface area contributed by atoms with E-state index in [4.69, 9.17) is 4.74 Å². The molecule has 0 amide bonds. The van der Waals surface area contributed by atoms with Crippen molar-refractivity contribution < 1.29 is 9.53 Å². The highest BCUT2D eigenvalue weighted by Crippen LogP contribution is 2.33. The number of hydrogen-bond donors (Lipinski definition) is 0.